The van der Waals surface area contributed by atoms with Gasteiger partial charge in [-0.25, -0.2) is 8.42 Å². The Bertz CT molecular complexity index is 1130. The molecule has 30 heavy (non-hydrogen) atoms. The van der Waals surface area contributed by atoms with Gasteiger partial charge in [-0.05, 0) is 66.6 Å². The quantitative estimate of drug-likeness (QED) is 0.528. The molecule has 5 nitrogen and oxygen atoms in total. The largest absolute Gasteiger partial charge is 0.325 e. The molecular weight excluding hydrogens is 443 g/mol. The van der Waals surface area contributed by atoms with Crippen LogP contribution in [0.5, 0.6) is 0 Å². The fourth-order valence-corrected chi connectivity index (χ4v) is 4.49. The minimum absolute atomic E-state index is 0.0172. The van der Waals surface area contributed by atoms with E-state index in [9.17, 15) is 13.2 Å². The summed E-state index contributed by atoms with van der Waals surface area (Å²) in [5.74, 6) is -0.438. The number of carbonyl (C=O) groups is 1. The molecule has 1 amide bonds. The number of halogens is 2. The molecule has 0 aliphatic rings. The summed E-state index contributed by atoms with van der Waals surface area (Å²) in [4.78, 5) is 12.7. The monoisotopic (exact) mass is 462 g/mol. The molecule has 156 valence electrons. The van der Waals surface area contributed by atoms with Crippen molar-refractivity contribution in [1.29, 1.82) is 0 Å². The summed E-state index contributed by atoms with van der Waals surface area (Å²) in [5.41, 5.74) is 2.30. The first-order chi connectivity index (χ1) is 14.2. The molecule has 0 heterocycles. The lowest BCUT2D eigenvalue weighted by Gasteiger charge is -2.22. The number of benzene rings is 3. The average molecular weight is 463 g/mol. The maximum absolute atomic E-state index is 13.2. The van der Waals surface area contributed by atoms with E-state index in [-0.39, 0.29) is 18.0 Å². The van der Waals surface area contributed by atoms with E-state index in [1.165, 1.54) is 24.3 Å². The fraction of sp³-hybridized carbons (Fsp3) is 0.136. The molecule has 0 bridgehead atoms. The molecule has 0 aliphatic carbocycles. The van der Waals surface area contributed by atoms with Gasteiger partial charge in [0.1, 0.15) is 0 Å². The Kier molecular flexibility index (Phi) is 7.15. The van der Waals surface area contributed by atoms with Crippen molar-refractivity contribution in [3.8, 4) is 0 Å². The van der Waals surface area contributed by atoms with Crippen LogP contribution in [0, 0.1) is 6.92 Å². The molecule has 0 unspecified atom stereocenters. The van der Waals surface area contributed by atoms with Gasteiger partial charge in [-0.15, -0.1) is 0 Å². The van der Waals surface area contributed by atoms with Gasteiger partial charge in [0, 0.05) is 22.3 Å². The first-order valence-corrected chi connectivity index (χ1v) is 11.3. The van der Waals surface area contributed by atoms with Crippen LogP contribution in [0.4, 0.5) is 5.69 Å². The van der Waals surface area contributed by atoms with Crippen molar-refractivity contribution < 1.29 is 13.2 Å². The maximum Gasteiger partial charge on any atom is 0.243 e. The normalized spacial score (nSPS) is 11.5. The molecule has 0 spiro atoms. The molecule has 3 aromatic carbocycles. The Morgan fingerprint density at radius 1 is 0.933 bits per heavy atom. The van der Waals surface area contributed by atoms with Gasteiger partial charge in [0.15, 0.2) is 0 Å². The van der Waals surface area contributed by atoms with Crippen molar-refractivity contribution in [2.75, 3.05) is 11.9 Å². The van der Waals surface area contributed by atoms with Crippen LogP contribution in [0.15, 0.2) is 77.7 Å². The lowest BCUT2D eigenvalue weighted by atomic mass is 10.2. The summed E-state index contributed by atoms with van der Waals surface area (Å²) in [6, 6.07) is 20.0. The van der Waals surface area contributed by atoms with Crippen LogP contribution >= 0.6 is 23.2 Å². The summed E-state index contributed by atoms with van der Waals surface area (Å²) in [6.45, 7) is 1.58. The molecule has 3 rings (SSSR count). The van der Waals surface area contributed by atoms with Crippen molar-refractivity contribution in [2.24, 2.45) is 0 Å². The number of amides is 1. The zero-order valence-electron chi connectivity index (χ0n) is 16.2. The molecule has 0 fully saturated rings. The minimum Gasteiger partial charge on any atom is -0.325 e. The van der Waals surface area contributed by atoms with Gasteiger partial charge in [0.2, 0.25) is 15.9 Å². The van der Waals surface area contributed by atoms with Gasteiger partial charge in [0.05, 0.1) is 11.4 Å². The highest BCUT2D eigenvalue weighted by molar-refractivity contribution is 7.89. The van der Waals surface area contributed by atoms with Crippen molar-refractivity contribution in [3.63, 3.8) is 0 Å². The highest BCUT2D eigenvalue weighted by Gasteiger charge is 2.27. The minimum atomic E-state index is -3.94. The third-order valence-corrected chi connectivity index (χ3v) is 6.66. The highest BCUT2D eigenvalue weighted by Crippen LogP contribution is 2.21. The van der Waals surface area contributed by atoms with Crippen LogP contribution < -0.4 is 5.32 Å². The number of nitrogens with one attached hydrogen (secondary N) is 1. The smallest absolute Gasteiger partial charge is 0.243 e. The lowest BCUT2D eigenvalue weighted by Crippen LogP contribution is -2.37. The van der Waals surface area contributed by atoms with Crippen molar-refractivity contribution >= 4 is 44.8 Å². The molecule has 1 N–H and O–H groups in total. The summed E-state index contributed by atoms with van der Waals surface area (Å²) < 4.78 is 27.6. The SMILES string of the molecule is Cc1cccc(NC(=O)CN(Cc2ccc(Cl)cc2)S(=O)(=O)c2ccc(Cl)cc2)c1. The van der Waals surface area contributed by atoms with Crippen molar-refractivity contribution in [2.45, 2.75) is 18.4 Å². The van der Waals surface area contributed by atoms with E-state index in [1.807, 2.05) is 25.1 Å². The van der Waals surface area contributed by atoms with Gasteiger partial charge in [-0.2, -0.15) is 4.31 Å². The zero-order chi connectivity index (χ0) is 21.7. The standard InChI is InChI=1S/C22H20Cl2N2O3S/c1-16-3-2-4-20(13-16)25-22(27)15-26(14-17-5-7-18(23)8-6-17)30(28,29)21-11-9-19(24)10-12-21/h2-13H,14-15H2,1H3,(H,25,27). The van der Waals surface area contributed by atoms with E-state index in [1.54, 1.807) is 30.3 Å². The number of aryl methyl sites for hydroxylation is 1. The molecule has 3 aromatic rings. The van der Waals surface area contributed by atoms with Crippen LogP contribution in [0.3, 0.4) is 0 Å². The Hall–Kier alpha value is -2.38. The highest BCUT2D eigenvalue weighted by atomic mass is 35.5. The lowest BCUT2D eigenvalue weighted by molar-refractivity contribution is -0.116. The van der Waals surface area contributed by atoms with Crippen LogP contribution in [-0.4, -0.2) is 25.2 Å². The maximum atomic E-state index is 13.2. The second kappa shape index (κ2) is 9.62. The number of rotatable bonds is 7. The van der Waals surface area contributed by atoms with E-state index < -0.39 is 15.9 Å². The van der Waals surface area contributed by atoms with Gasteiger partial charge in [-0.3, -0.25) is 4.79 Å². The predicted molar refractivity (Wildman–Crippen MR) is 120 cm³/mol. The molecule has 0 saturated heterocycles. The zero-order valence-corrected chi connectivity index (χ0v) is 18.5. The van der Waals surface area contributed by atoms with E-state index in [0.717, 1.165) is 9.87 Å². The number of carbonyl (C=O) groups excluding carboxylic acids is 1. The molecule has 0 aliphatic heterocycles. The van der Waals surface area contributed by atoms with Crippen LogP contribution in [-0.2, 0) is 21.4 Å². The van der Waals surface area contributed by atoms with E-state index in [0.29, 0.717) is 21.3 Å². The first-order valence-electron chi connectivity index (χ1n) is 9.11. The third-order valence-electron chi connectivity index (χ3n) is 4.35. The van der Waals surface area contributed by atoms with E-state index >= 15 is 0 Å². The van der Waals surface area contributed by atoms with Gasteiger partial charge in [-0.1, -0.05) is 47.5 Å². The summed E-state index contributed by atoms with van der Waals surface area (Å²) in [6.07, 6.45) is 0. The van der Waals surface area contributed by atoms with Crippen LogP contribution in [0.25, 0.3) is 0 Å². The number of hydrogen-bond donors (Lipinski definition) is 1. The topological polar surface area (TPSA) is 66.5 Å². The Morgan fingerprint density at radius 3 is 2.13 bits per heavy atom. The summed E-state index contributed by atoms with van der Waals surface area (Å²) >= 11 is 11.8. The van der Waals surface area contributed by atoms with Crippen molar-refractivity contribution in [1.82, 2.24) is 4.31 Å². The fourth-order valence-electron chi connectivity index (χ4n) is 2.86. The third kappa shape index (κ3) is 5.83. The first kappa shape index (κ1) is 22.3. The van der Waals surface area contributed by atoms with Gasteiger partial charge < -0.3 is 5.32 Å². The van der Waals surface area contributed by atoms with Crippen molar-refractivity contribution in [3.05, 3.63) is 94.0 Å². The second-order valence-corrected chi connectivity index (χ2v) is 9.58. The molecule has 0 atom stereocenters. The number of sulfonamides is 1. The molecule has 0 radical (unpaired) electrons. The number of nitrogens with zero attached hydrogens (tertiary/aromatic N) is 1. The second-order valence-electron chi connectivity index (χ2n) is 6.77. The van der Waals surface area contributed by atoms with E-state index in [2.05, 4.69) is 5.32 Å². The van der Waals surface area contributed by atoms with Crippen LogP contribution in [0.2, 0.25) is 10.0 Å². The van der Waals surface area contributed by atoms with Gasteiger partial charge in [0.25, 0.3) is 0 Å². The number of hydrogen-bond acceptors (Lipinski definition) is 3. The van der Waals surface area contributed by atoms with E-state index in [4.69, 9.17) is 23.2 Å². The average Bonchev–Trinajstić information content (AvgIpc) is 2.69. The molecule has 0 aromatic heterocycles. The predicted octanol–water partition coefficient (Wildman–Crippen LogP) is 5.13. The Labute approximate surface area is 186 Å². The Morgan fingerprint density at radius 2 is 1.53 bits per heavy atom. The molecule has 0 saturated carbocycles. The summed E-state index contributed by atoms with van der Waals surface area (Å²) in [7, 11) is -3.94. The summed E-state index contributed by atoms with van der Waals surface area (Å²) in [5, 5.41) is 3.72. The number of anilines is 1. The Balaban J connectivity index is 1.87. The molecular formula is C22H20Cl2N2O3S. The molecule has 8 heteroatoms. The van der Waals surface area contributed by atoms with Crippen LogP contribution in [0.1, 0.15) is 11.1 Å². The van der Waals surface area contributed by atoms with Gasteiger partial charge >= 0.3 is 0 Å².